The number of benzene rings is 2. The molecule has 13 heteroatoms. The van der Waals surface area contributed by atoms with Gasteiger partial charge in [-0.2, -0.15) is 0 Å². The fraction of sp³-hybridized carbons (Fsp3) is 0.308. The molecule has 1 aliphatic heterocycles. The van der Waals surface area contributed by atoms with Gasteiger partial charge in [-0.1, -0.05) is 17.7 Å². The Kier molecular flexibility index (Phi) is 8.00. The third kappa shape index (κ3) is 6.24. The molecule has 206 valence electrons. The Labute approximate surface area is 226 Å². The van der Waals surface area contributed by atoms with Crippen LogP contribution in [-0.4, -0.2) is 50.5 Å². The summed E-state index contributed by atoms with van der Waals surface area (Å²) in [6, 6.07) is 7.83. The van der Waals surface area contributed by atoms with Crippen molar-refractivity contribution in [3.05, 3.63) is 80.9 Å². The number of aliphatic hydroxyl groups is 2. The quantitative estimate of drug-likeness (QED) is 0.432. The molecule has 39 heavy (non-hydrogen) atoms. The summed E-state index contributed by atoms with van der Waals surface area (Å²) in [4.78, 5) is 44.7. The molecular formula is C26H25ClF2N4O6. The molecule has 4 rings (SSSR count). The van der Waals surface area contributed by atoms with Gasteiger partial charge in [-0.05, 0) is 43.7 Å². The Balaban J connectivity index is 1.57. The number of anilines is 2. The summed E-state index contributed by atoms with van der Waals surface area (Å²) in [5.41, 5.74) is -0.553. The van der Waals surface area contributed by atoms with Crippen LogP contribution in [0.25, 0.3) is 0 Å². The van der Waals surface area contributed by atoms with E-state index in [2.05, 4.69) is 4.98 Å². The minimum Gasteiger partial charge on any atom is -0.471 e. The van der Waals surface area contributed by atoms with Crippen molar-refractivity contribution in [1.82, 2.24) is 9.55 Å². The van der Waals surface area contributed by atoms with Crippen molar-refractivity contribution < 1.29 is 33.3 Å². The zero-order valence-electron chi connectivity index (χ0n) is 21.0. The molecule has 2 heterocycles. The Bertz CT molecular complexity index is 1490. The molecule has 0 aliphatic carbocycles. The number of fused-ring (bicyclic) bond motifs is 1. The van der Waals surface area contributed by atoms with E-state index in [1.54, 1.807) is 18.2 Å². The fourth-order valence-corrected chi connectivity index (χ4v) is 4.24. The standard InChI is InChI=1S/C26H25ClF2N4O6/c1-26(2,38)9-21(35)33-14-32(22(36)11-34)19-6-3-15(7-20(19)33)10-31-13-30-24(23(27)25(31)37)39-12-16-4-5-17(28)8-18(16)29/h3-8,13,34,38H,9-12,14H2,1-2H3. The maximum atomic E-state index is 13.9. The number of amides is 2. The smallest absolute Gasteiger partial charge is 0.276 e. The third-order valence-corrected chi connectivity index (χ3v) is 6.23. The van der Waals surface area contributed by atoms with Gasteiger partial charge in [0, 0.05) is 11.6 Å². The molecule has 0 unspecified atom stereocenters. The first kappa shape index (κ1) is 28.1. The summed E-state index contributed by atoms with van der Waals surface area (Å²) in [7, 11) is 0. The minimum atomic E-state index is -1.29. The molecule has 0 saturated carbocycles. The van der Waals surface area contributed by atoms with Crippen molar-refractivity contribution in [2.24, 2.45) is 0 Å². The second-order valence-corrected chi connectivity index (χ2v) is 9.95. The molecule has 0 saturated heterocycles. The van der Waals surface area contributed by atoms with E-state index in [4.69, 9.17) is 16.3 Å². The summed E-state index contributed by atoms with van der Waals surface area (Å²) in [6.07, 6.45) is 0.983. The highest BCUT2D eigenvalue weighted by molar-refractivity contribution is 6.31. The number of hydrogen-bond acceptors (Lipinski definition) is 7. The molecule has 1 aliphatic rings. The molecule has 3 aromatic rings. The van der Waals surface area contributed by atoms with Crippen LogP contribution >= 0.6 is 11.6 Å². The van der Waals surface area contributed by atoms with E-state index in [0.717, 1.165) is 6.07 Å². The summed E-state index contributed by atoms with van der Waals surface area (Å²) in [6.45, 7) is 1.75. The molecule has 0 fully saturated rings. The Hall–Kier alpha value is -3.87. The maximum absolute atomic E-state index is 13.9. The average molecular weight is 563 g/mol. The summed E-state index contributed by atoms with van der Waals surface area (Å²) in [5.74, 6) is -2.82. The van der Waals surface area contributed by atoms with Gasteiger partial charge >= 0.3 is 0 Å². The van der Waals surface area contributed by atoms with Crippen molar-refractivity contribution in [3.63, 3.8) is 0 Å². The van der Waals surface area contributed by atoms with Crippen LogP contribution in [0.2, 0.25) is 5.02 Å². The highest BCUT2D eigenvalue weighted by atomic mass is 35.5. The highest BCUT2D eigenvalue weighted by Gasteiger charge is 2.35. The Morgan fingerprint density at radius 3 is 2.49 bits per heavy atom. The van der Waals surface area contributed by atoms with Gasteiger partial charge < -0.3 is 14.9 Å². The number of nitrogens with zero attached hydrogens (tertiary/aromatic N) is 4. The molecule has 2 amide bonds. The molecule has 0 bridgehead atoms. The second kappa shape index (κ2) is 11.1. The van der Waals surface area contributed by atoms with Crippen LogP contribution < -0.4 is 20.1 Å². The lowest BCUT2D eigenvalue weighted by Crippen LogP contribution is -2.41. The fourth-order valence-electron chi connectivity index (χ4n) is 4.03. The zero-order valence-corrected chi connectivity index (χ0v) is 21.8. The average Bonchev–Trinajstić information content (AvgIpc) is 3.25. The molecule has 2 aromatic carbocycles. The predicted octanol–water partition coefficient (Wildman–Crippen LogP) is 2.59. The maximum Gasteiger partial charge on any atom is 0.276 e. The van der Waals surface area contributed by atoms with Crippen LogP contribution in [0.1, 0.15) is 31.4 Å². The van der Waals surface area contributed by atoms with Crippen LogP contribution in [0, 0.1) is 11.6 Å². The van der Waals surface area contributed by atoms with E-state index in [9.17, 15) is 33.4 Å². The molecular weight excluding hydrogens is 538 g/mol. The Morgan fingerprint density at radius 1 is 1.10 bits per heavy atom. The van der Waals surface area contributed by atoms with E-state index in [1.807, 2.05) is 0 Å². The van der Waals surface area contributed by atoms with Crippen molar-refractivity contribution in [2.45, 2.75) is 39.0 Å². The lowest BCUT2D eigenvalue weighted by Gasteiger charge is -2.23. The van der Waals surface area contributed by atoms with E-state index < -0.39 is 41.2 Å². The molecule has 1 aromatic heterocycles. The second-order valence-electron chi connectivity index (χ2n) is 9.58. The van der Waals surface area contributed by atoms with Crippen LogP contribution in [0.4, 0.5) is 20.2 Å². The first-order valence-corrected chi connectivity index (χ1v) is 12.1. The third-order valence-electron chi connectivity index (χ3n) is 5.91. The van der Waals surface area contributed by atoms with Crippen LogP contribution in [0.5, 0.6) is 5.88 Å². The van der Waals surface area contributed by atoms with E-state index in [-0.39, 0.29) is 42.7 Å². The molecule has 0 atom stereocenters. The number of ether oxygens (including phenoxy) is 1. The van der Waals surface area contributed by atoms with Crippen molar-refractivity contribution >= 4 is 34.8 Å². The number of carbonyl (C=O) groups excluding carboxylic acids is 2. The molecule has 0 radical (unpaired) electrons. The first-order chi connectivity index (χ1) is 18.4. The highest BCUT2D eigenvalue weighted by Crippen LogP contribution is 2.38. The van der Waals surface area contributed by atoms with Crippen molar-refractivity contribution in [3.8, 4) is 5.88 Å². The van der Waals surface area contributed by atoms with Gasteiger partial charge in [0.2, 0.25) is 11.8 Å². The van der Waals surface area contributed by atoms with E-state index in [1.165, 1.54) is 40.6 Å². The van der Waals surface area contributed by atoms with E-state index in [0.29, 0.717) is 23.0 Å². The molecule has 10 nitrogen and oxygen atoms in total. The van der Waals surface area contributed by atoms with Gasteiger partial charge in [0.05, 0.1) is 29.9 Å². The minimum absolute atomic E-state index is 0.00677. The Morgan fingerprint density at radius 2 is 1.82 bits per heavy atom. The molecule has 2 N–H and O–H groups in total. The van der Waals surface area contributed by atoms with E-state index >= 15 is 0 Å². The number of aromatic nitrogens is 2. The summed E-state index contributed by atoms with van der Waals surface area (Å²) >= 11 is 6.17. The zero-order chi connectivity index (χ0) is 28.5. The van der Waals surface area contributed by atoms with Gasteiger partial charge in [0.15, 0.2) is 5.02 Å². The van der Waals surface area contributed by atoms with Gasteiger partial charge in [0.1, 0.15) is 37.8 Å². The van der Waals surface area contributed by atoms with Crippen molar-refractivity contribution in [1.29, 1.82) is 0 Å². The van der Waals surface area contributed by atoms with Gasteiger partial charge in [-0.25, -0.2) is 13.8 Å². The summed E-state index contributed by atoms with van der Waals surface area (Å²) < 4.78 is 33.5. The van der Waals surface area contributed by atoms with Gasteiger partial charge in [-0.3, -0.25) is 28.8 Å². The lowest BCUT2D eigenvalue weighted by atomic mass is 10.0. The SMILES string of the molecule is CC(C)(O)CC(=O)N1CN(C(=O)CO)c2ccc(Cn3cnc(OCc4ccc(F)cc4F)c(Cl)c3=O)cc21. The van der Waals surface area contributed by atoms with Gasteiger partial charge in [-0.15, -0.1) is 0 Å². The number of halogens is 3. The molecule has 0 spiro atoms. The van der Waals surface area contributed by atoms with Crippen LogP contribution in [0.3, 0.4) is 0 Å². The normalized spacial score (nSPS) is 13.0. The van der Waals surface area contributed by atoms with Crippen LogP contribution in [-0.2, 0) is 22.7 Å². The monoisotopic (exact) mass is 562 g/mol. The first-order valence-electron chi connectivity index (χ1n) is 11.8. The predicted molar refractivity (Wildman–Crippen MR) is 138 cm³/mol. The number of carbonyl (C=O) groups is 2. The number of hydrogen-bond donors (Lipinski definition) is 2. The van der Waals surface area contributed by atoms with Crippen LogP contribution in [0.15, 0.2) is 47.5 Å². The largest absolute Gasteiger partial charge is 0.471 e. The number of aliphatic hydroxyl groups excluding tert-OH is 1. The lowest BCUT2D eigenvalue weighted by molar-refractivity contribution is -0.122. The van der Waals surface area contributed by atoms with Gasteiger partial charge in [0.25, 0.3) is 11.5 Å². The summed E-state index contributed by atoms with van der Waals surface area (Å²) in [5, 5.41) is 19.1. The van der Waals surface area contributed by atoms with Crippen molar-refractivity contribution in [2.75, 3.05) is 23.1 Å². The number of rotatable bonds is 8. The topological polar surface area (TPSA) is 125 Å².